The van der Waals surface area contributed by atoms with E-state index in [9.17, 15) is 8.78 Å². The molecule has 0 bridgehead atoms. The monoisotopic (exact) mass is 199 g/mol. The molecule has 0 unspecified atom stereocenters. The number of nitrogen functional groups attached to an aromatic ring is 1. The third-order valence-corrected chi connectivity index (χ3v) is 2.12. The Morgan fingerprint density at radius 3 is 2.57 bits per heavy atom. The van der Waals surface area contributed by atoms with Gasteiger partial charge in [0.25, 0.3) is 0 Å². The minimum absolute atomic E-state index is 0.171. The van der Waals surface area contributed by atoms with Crippen molar-refractivity contribution < 1.29 is 8.78 Å². The largest absolute Gasteiger partial charge is 0.399 e. The van der Waals surface area contributed by atoms with Crippen molar-refractivity contribution in [1.29, 1.82) is 0 Å². The van der Waals surface area contributed by atoms with E-state index in [2.05, 4.69) is 0 Å². The van der Waals surface area contributed by atoms with Crippen molar-refractivity contribution in [2.24, 2.45) is 0 Å². The highest BCUT2D eigenvalue weighted by Gasteiger charge is 2.08. The number of halogens is 2. The Morgan fingerprint density at radius 1 is 1.29 bits per heavy atom. The maximum atomic E-state index is 12.2. The van der Waals surface area contributed by atoms with E-state index in [-0.39, 0.29) is 6.42 Å². The highest BCUT2D eigenvalue weighted by molar-refractivity contribution is 5.45. The van der Waals surface area contributed by atoms with E-state index in [4.69, 9.17) is 5.73 Å². The fourth-order valence-electron chi connectivity index (χ4n) is 1.51. The number of rotatable bonds is 4. The minimum Gasteiger partial charge on any atom is -0.399 e. The van der Waals surface area contributed by atoms with Gasteiger partial charge in [0, 0.05) is 12.1 Å². The molecule has 0 saturated carbocycles. The number of alkyl halides is 2. The van der Waals surface area contributed by atoms with Crippen LogP contribution in [-0.4, -0.2) is 6.43 Å². The summed E-state index contributed by atoms with van der Waals surface area (Å²) in [5.74, 6) is 0. The van der Waals surface area contributed by atoms with Gasteiger partial charge in [-0.25, -0.2) is 8.78 Å². The second kappa shape index (κ2) is 4.94. The second-order valence-electron chi connectivity index (χ2n) is 3.37. The summed E-state index contributed by atoms with van der Waals surface area (Å²) in [6.07, 6.45) is -0.697. The zero-order valence-electron chi connectivity index (χ0n) is 8.26. The van der Waals surface area contributed by atoms with Gasteiger partial charge in [-0.15, -0.1) is 0 Å². The maximum Gasteiger partial charge on any atom is 0.242 e. The molecular formula is C11H15F2N. The summed E-state index contributed by atoms with van der Waals surface area (Å²) in [6.45, 7) is 2.02. The van der Waals surface area contributed by atoms with Crippen LogP contribution in [0.1, 0.15) is 24.5 Å². The van der Waals surface area contributed by atoms with Crippen LogP contribution in [0.25, 0.3) is 0 Å². The summed E-state index contributed by atoms with van der Waals surface area (Å²) < 4.78 is 24.4. The van der Waals surface area contributed by atoms with E-state index in [0.717, 1.165) is 24.0 Å². The van der Waals surface area contributed by atoms with Gasteiger partial charge in [0.2, 0.25) is 6.43 Å². The number of hydrogen-bond acceptors (Lipinski definition) is 1. The highest BCUT2D eigenvalue weighted by Crippen LogP contribution is 2.18. The van der Waals surface area contributed by atoms with E-state index in [1.807, 2.05) is 6.92 Å². The summed E-state index contributed by atoms with van der Waals surface area (Å²) in [6, 6.07) is 5.17. The normalized spacial score (nSPS) is 10.9. The molecule has 1 rings (SSSR count). The first-order valence-electron chi connectivity index (χ1n) is 4.79. The lowest BCUT2D eigenvalue weighted by Crippen LogP contribution is -2.02. The average Bonchev–Trinajstić information content (AvgIpc) is 2.09. The molecule has 0 aromatic heterocycles. The van der Waals surface area contributed by atoms with Crippen LogP contribution in [0.3, 0.4) is 0 Å². The average molecular weight is 199 g/mol. The Morgan fingerprint density at radius 2 is 2.00 bits per heavy atom. The molecule has 0 spiro atoms. The van der Waals surface area contributed by atoms with Gasteiger partial charge in [0.1, 0.15) is 0 Å². The predicted molar refractivity (Wildman–Crippen MR) is 54.6 cm³/mol. The first-order chi connectivity index (χ1) is 6.63. The first kappa shape index (κ1) is 11.0. The van der Waals surface area contributed by atoms with Crippen molar-refractivity contribution in [3.8, 4) is 0 Å². The number of benzene rings is 1. The van der Waals surface area contributed by atoms with Gasteiger partial charge in [-0.05, 0) is 29.7 Å². The summed E-state index contributed by atoms with van der Waals surface area (Å²) in [5.41, 5.74) is 7.92. The fraction of sp³-hybridized carbons (Fsp3) is 0.455. The minimum atomic E-state index is -2.28. The van der Waals surface area contributed by atoms with Crippen LogP contribution in [0.15, 0.2) is 18.2 Å². The lowest BCUT2D eigenvalue weighted by atomic mass is 10.0. The van der Waals surface area contributed by atoms with Gasteiger partial charge in [-0.2, -0.15) is 0 Å². The predicted octanol–water partition coefficient (Wildman–Crippen LogP) is 3.03. The van der Waals surface area contributed by atoms with Gasteiger partial charge >= 0.3 is 0 Å². The third kappa shape index (κ3) is 2.98. The Hall–Kier alpha value is -1.12. The van der Waals surface area contributed by atoms with Crippen LogP contribution in [0, 0.1) is 0 Å². The number of nitrogens with two attached hydrogens (primary N) is 1. The van der Waals surface area contributed by atoms with Crippen LogP contribution in [0.5, 0.6) is 0 Å². The Bertz CT molecular complexity index is 297. The quantitative estimate of drug-likeness (QED) is 0.741. The molecule has 78 valence electrons. The summed E-state index contributed by atoms with van der Waals surface area (Å²) >= 11 is 0. The smallest absolute Gasteiger partial charge is 0.242 e. The summed E-state index contributed by atoms with van der Waals surface area (Å²) in [5, 5.41) is 0. The molecule has 1 nitrogen and oxygen atoms in total. The first-order valence-corrected chi connectivity index (χ1v) is 4.79. The van der Waals surface area contributed by atoms with Gasteiger partial charge in [-0.3, -0.25) is 0 Å². The van der Waals surface area contributed by atoms with Crippen molar-refractivity contribution in [2.45, 2.75) is 32.6 Å². The van der Waals surface area contributed by atoms with Crippen LogP contribution < -0.4 is 5.73 Å². The Balaban J connectivity index is 2.89. The molecule has 0 aliphatic rings. The molecule has 0 aliphatic carbocycles. The van der Waals surface area contributed by atoms with E-state index >= 15 is 0 Å². The molecule has 0 amide bonds. The molecule has 0 radical (unpaired) electrons. The molecule has 0 heterocycles. The second-order valence-corrected chi connectivity index (χ2v) is 3.37. The van der Waals surface area contributed by atoms with E-state index in [1.54, 1.807) is 18.2 Å². The lowest BCUT2D eigenvalue weighted by molar-refractivity contribution is 0.149. The molecule has 0 fully saturated rings. The molecule has 0 saturated heterocycles. The van der Waals surface area contributed by atoms with Crippen LogP contribution in [0.2, 0.25) is 0 Å². The fourth-order valence-corrected chi connectivity index (χ4v) is 1.51. The van der Waals surface area contributed by atoms with Crippen LogP contribution >= 0.6 is 0 Å². The van der Waals surface area contributed by atoms with E-state index < -0.39 is 6.43 Å². The van der Waals surface area contributed by atoms with E-state index in [1.165, 1.54) is 0 Å². The molecule has 1 aromatic rings. The number of aryl methyl sites for hydroxylation is 1. The van der Waals surface area contributed by atoms with Gasteiger partial charge < -0.3 is 5.73 Å². The molecule has 3 heteroatoms. The van der Waals surface area contributed by atoms with Crippen molar-refractivity contribution in [1.82, 2.24) is 0 Å². The zero-order valence-corrected chi connectivity index (χ0v) is 8.26. The number of anilines is 1. The number of hydrogen-bond donors (Lipinski definition) is 1. The standard InChI is InChI=1S/C11H15F2N/c1-2-3-8-6-10(14)5-4-9(8)7-11(12)13/h4-6,11H,2-3,7,14H2,1H3. The third-order valence-electron chi connectivity index (χ3n) is 2.12. The molecule has 0 aliphatic heterocycles. The Labute approximate surface area is 82.9 Å². The molecule has 0 atom stereocenters. The summed E-state index contributed by atoms with van der Waals surface area (Å²) in [4.78, 5) is 0. The SMILES string of the molecule is CCCc1cc(N)ccc1CC(F)F. The molecular weight excluding hydrogens is 184 g/mol. The van der Waals surface area contributed by atoms with Crippen molar-refractivity contribution >= 4 is 5.69 Å². The van der Waals surface area contributed by atoms with Gasteiger partial charge in [0.05, 0.1) is 0 Å². The summed E-state index contributed by atoms with van der Waals surface area (Å²) in [7, 11) is 0. The Kier molecular flexibility index (Phi) is 3.86. The van der Waals surface area contributed by atoms with Crippen LogP contribution in [-0.2, 0) is 12.8 Å². The topological polar surface area (TPSA) is 26.0 Å². The highest BCUT2D eigenvalue weighted by atomic mass is 19.3. The zero-order chi connectivity index (χ0) is 10.6. The van der Waals surface area contributed by atoms with Gasteiger partial charge in [0.15, 0.2) is 0 Å². The van der Waals surface area contributed by atoms with Crippen molar-refractivity contribution in [3.63, 3.8) is 0 Å². The molecule has 2 N–H and O–H groups in total. The maximum absolute atomic E-state index is 12.2. The van der Waals surface area contributed by atoms with Crippen LogP contribution in [0.4, 0.5) is 14.5 Å². The van der Waals surface area contributed by atoms with E-state index in [0.29, 0.717) is 5.69 Å². The van der Waals surface area contributed by atoms with Crippen molar-refractivity contribution in [2.75, 3.05) is 5.73 Å². The van der Waals surface area contributed by atoms with Crippen molar-refractivity contribution in [3.05, 3.63) is 29.3 Å². The molecule has 14 heavy (non-hydrogen) atoms. The molecule has 1 aromatic carbocycles. The van der Waals surface area contributed by atoms with Gasteiger partial charge in [-0.1, -0.05) is 19.4 Å². The lowest BCUT2D eigenvalue weighted by Gasteiger charge is -2.09.